The van der Waals surface area contributed by atoms with Crippen molar-refractivity contribution in [2.24, 2.45) is 0 Å². The van der Waals surface area contributed by atoms with E-state index in [0.29, 0.717) is 0 Å². The van der Waals surface area contributed by atoms with Crippen molar-refractivity contribution in [3.63, 3.8) is 0 Å². The number of fused-ring (bicyclic) bond motifs is 1. The van der Waals surface area contributed by atoms with Crippen LogP contribution in [0, 0.1) is 0 Å². The Labute approximate surface area is 84.3 Å². The Hall–Kier alpha value is -1.44. The minimum Gasteiger partial charge on any atom is -0.399 e. The molecule has 0 amide bonds. The van der Waals surface area contributed by atoms with E-state index in [4.69, 9.17) is 5.73 Å². The quantitative estimate of drug-likeness (QED) is 0.677. The highest BCUT2D eigenvalue weighted by atomic mass is 14.9. The predicted molar refractivity (Wildman–Crippen MR) is 60.5 cm³/mol. The summed E-state index contributed by atoms with van der Waals surface area (Å²) in [4.78, 5) is 0. The number of hydrogen-bond donors (Lipinski definition) is 1. The maximum absolute atomic E-state index is 5.73. The third-order valence-corrected chi connectivity index (χ3v) is 2.49. The van der Waals surface area contributed by atoms with Gasteiger partial charge in [-0.25, -0.2) is 0 Å². The molecule has 2 aromatic heterocycles. The van der Waals surface area contributed by atoms with E-state index in [2.05, 4.69) is 37.4 Å². The van der Waals surface area contributed by atoms with Crippen LogP contribution >= 0.6 is 0 Å². The van der Waals surface area contributed by atoms with Crippen molar-refractivity contribution in [3.05, 3.63) is 36.2 Å². The van der Waals surface area contributed by atoms with Gasteiger partial charge < -0.3 is 10.1 Å². The molecule has 0 saturated heterocycles. The van der Waals surface area contributed by atoms with Crippen LogP contribution in [0.4, 0.5) is 5.69 Å². The summed E-state index contributed by atoms with van der Waals surface area (Å²) in [5.74, 6) is 0. The molecule has 0 bridgehead atoms. The number of nitrogens with zero attached hydrogens (tertiary/aromatic N) is 1. The van der Waals surface area contributed by atoms with Gasteiger partial charge in [0.25, 0.3) is 0 Å². The molecule has 2 heteroatoms. The number of rotatable bonds is 0. The fraction of sp³-hybridized carbons (Fsp3) is 0.333. The van der Waals surface area contributed by atoms with E-state index in [1.165, 1.54) is 5.56 Å². The van der Waals surface area contributed by atoms with Gasteiger partial charge in [-0.3, -0.25) is 0 Å². The van der Waals surface area contributed by atoms with E-state index in [-0.39, 0.29) is 5.41 Å². The lowest BCUT2D eigenvalue weighted by Crippen LogP contribution is -2.09. The fourth-order valence-corrected chi connectivity index (χ4v) is 1.54. The number of pyridine rings is 1. The Morgan fingerprint density at radius 3 is 2.57 bits per heavy atom. The van der Waals surface area contributed by atoms with Gasteiger partial charge in [-0.1, -0.05) is 20.8 Å². The molecule has 0 aliphatic heterocycles. The second-order valence-corrected chi connectivity index (χ2v) is 4.77. The highest BCUT2D eigenvalue weighted by Gasteiger charge is 2.15. The van der Waals surface area contributed by atoms with Crippen molar-refractivity contribution in [2.45, 2.75) is 26.2 Å². The molecule has 2 aromatic rings. The van der Waals surface area contributed by atoms with Crippen LogP contribution < -0.4 is 5.73 Å². The van der Waals surface area contributed by atoms with Gasteiger partial charge >= 0.3 is 0 Å². The first-order valence-electron chi connectivity index (χ1n) is 4.84. The lowest BCUT2D eigenvalue weighted by atomic mass is 9.89. The lowest BCUT2D eigenvalue weighted by molar-refractivity contribution is 0.590. The summed E-state index contributed by atoms with van der Waals surface area (Å²) in [6, 6.07) is 6.10. The van der Waals surface area contributed by atoms with Gasteiger partial charge in [0.05, 0.1) is 0 Å². The van der Waals surface area contributed by atoms with E-state index in [0.717, 1.165) is 11.2 Å². The highest BCUT2D eigenvalue weighted by Crippen LogP contribution is 2.25. The molecular formula is C12H16N2. The van der Waals surface area contributed by atoms with Gasteiger partial charge in [-0.2, -0.15) is 0 Å². The maximum Gasteiger partial charge on any atom is 0.0473 e. The molecule has 2 heterocycles. The van der Waals surface area contributed by atoms with Crippen LogP contribution in [0.25, 0.3) is 5.52 Å². The molecule has 2 rings (SSSR count). The van der Waals surface area contributed by atoms with E-state index in [9.17, 15) is 0 Å². The molecule has 2 N–H and O–H groups in total. The second kappa shape index (κ2) is 2.77. The summed E-state index contributed by atoms with van der Waals surface area (Å²) < 4.78 is 2.11. The van der Waals surface area contributed by atoms with Crippen molar-refractivity contribution in [1.82, 2.24) is 4.40 Å². The second-order valence-electron chi connectivity index (χ2n) is 4.77. The van der Waals surface area contributed by atoms with Gasteiger partial charge in [-0.05, 0) is 29.2 Å². The summed E-state index contributed by atoms with van der Waals surface area (Å²) in [5.41, 5.74) is 9.24. The number of nitrogen functional groups attached to an aromatic ring is 1. The topological polar surface area (TPSA) is 30.4 Å². The van der Waals surface area contributed by atoms with Gasteiger partial charge in [-0.15, -0.1) is 0 Å². The normalized spacial score (nSPS) is 12.2. The molecule has 0 aromatic carbocycles. The summed E-state index contributed by atoms with van der Waals surface area (Å²) in [7, 11) is 0. The maximum atomic E-state index is 5.73. The highest BCUT2D eigenvalue weighted by molar-refractivity contribution is 5.59. The van der Waals surface area contributed by atoms with E-state index >= 15 is 0 Å². The standard InChI is InChI=1S/C12H16N2/c1-12(2,3)9-6-11-7-10(13)4-5-14(11)8-9/h4-8H,13H2,1-3H3. The van der Waals surface area contributed by atoms with Gasteiger partial charge in [0, 0.05) is 23.6 Å². The smallest absolute Gasteiger partial charge is 0.0473 e. The van der Waals surface area contributed by atoms with Gasteiger partial charge in [0.1, 0.15) is 0 Å². The molecule has 0 aliphatic carbocycles. The molecule has 0 unspecified atom stereocenters. The first-order chi connectivity index (χ1) is 6.47. The molecule has 74 valence electrons. The van der Waals surface area contributed by atoms with E-state index in [1.807, 2.05) is 18.3 Å². The van der Waals surface area contributed by atoms with Crippen LogP contribution in [-0.4, -0.2) is 4.40 Å². The Kier molecular flexibility index (Phi) is 1.81. The molecule has 0 spiro atoms. The molecule has 2 nitrogen and oxygen atoms in total. The average molecular weight is 188 g/mol. The zero-order valence-electron chi connectivity index (χ0n) is 8.91. The first-order valence-corrected chi connectivity index (χ1v) is 4.84. The Morgan fingerprint density at radius 1 is 1.21 bits per heavy atom. The molecular weight excluding hydrogens is 172 g/mol. The molecule has 0 atom stereocenters. The van der Waals surface area contributed by atoms with E-state index < -0.39 is 0 Å². The van der Waals surface area contributed by atoms with Crippen LogP contribution in [0.2, 0.25) is 0 Å². The lowest BCUT2D eigenvalue weighted by Gasteiger charge is -2.15. The number of nitrogens with two attached hydrogens (primary N) is 1. The molecule has 0 fully saturated rings. The largest absolute Gasteiger partial charge is 0.399 e. The fourth-order valence-electron chi connectivity index (χ4n) is 1.54. The van der Waals surface area contributed by atoms with E-state index in [1.54, 1.807) is 0 Å². The third-order valence-electron chi connectivity index (χ3n) is 2.49. The number of anilines is 1. The minimum absolute atomic E-state index is 0.195. The van der Waals surface area contributed by atoms with Gasteiger partial charge in [0.2, 0.25) is 0 Å². The van der Waals surface area contributed by atoms with Crippen LogP contribution in [0.3, 0.4) is 0 Å². The SMILES string of the molecule is CC(C)(C)c1cc2cc(N)ccn2c1. The van der Waals surface area contributed by atoms with Crippen molar-refractivity contribution >= 4 is 11.2 Å². The van der Waals surface area contributed by atoms with Crippen molar-refractivity contribution in [3.8, 4) is 0 Å². The Bertz CT molecular complexity index is 461. The summed E-state index contributed by atoms with van der Waals surface area (Å²) >= 11 is 0. The predicted octanol–water partition coefficient (Wildman–Crippen LogP) is 2.82. The number of aromatic nitrogens is 1. The monoisotopic (exact) mass is 188 g/mol. The van der Waals surface area contributed by atoms with Crippen LogP contribution in [0.5, 0.6) is 0 Å². The first kappa shape index (κ1) is 9.13. The molecule has 0 aliphatic rings. The third kappa shape index (κ3) is 1.48. The molecule has 0 saturated carbocycles. The Morgan fingerprint density at radius 2 is 1.93 bits per heavy atom. The van der Waals surface area contributed by atoms with Crippen LogP contribution in [-0.2, 0) is 5.41 Å². The summed E-state index contributed by atoms with van der Waals surface area (Å²) in [5, 5.41) is 0. The van der Waals surface area contributed by atoms with Crippen LogP contribution in [0.15, 0.2) is 30.6 Å². The van der Waals surface area contributed by atoms with Crippen molar-refractivity contribution in [2.75, 3.05) is 5.73 Å². The molecule has 0 radical (unpaired) electrons. The number of hydrogen-bond acceptors (Lipinski definition) is 1. The van der Waals surface area contributed by atoms with Gasteiger partial charge in [0.15, 0.2) is 0 Å². The zero-order valence-corrected chi connectivity index (χ0v) is 8.91. The van der Waals surface area contributed by atoms with Crippen molar-refractivity contribution in [1.29, 1.82) is 0 Å². The Balaban J connectivity index is 2.63. The minimum atomic E-state index is 0.195. The summed E-state index contributed by atoms with van der Waals surface area (Å²) in [6.07, 6.45) is 4.16. The summed E-state index contributed by atoms with van der Waals surface area (Å²) in [6.45, 7) is 6.64. The van der Waals surface area contributed by atoms with Crippen molar-refractivity contribution < 1.29 is 0 Å². The average Bonchev–Trinajstić information content (AvgIpc) is 2.45. The molecule has 14 heavy (non-hydrogen) atoms. The van der Waals surface area contributed by atoms with Crippen LogP contribution in [0.1, 0.15) is 26.3 Å². The zero-order chi connectivity index (χ0) is 10.3.